The van der Waals surface area contributed by atoms with Gasteiger partial charge in [0.15, 0.2) is 0 Å². The van der Waals surface area contributed by atoms with Gasteiger partial charge in [-0.1, -0.05) is 19.8 Å². The summed E-state index contributed by atoms with van der Waals surface area (Å²) >= 11 is 0. The topological polar surface area (TPSA) is 75.1 Å². The third-order valence-electron chi connectivity index (χ3n) is 3.75. The van der Waals surface area contributed by atoms with Gasteiger partial charge in [-0.3, -0.25) is 14.3 Å². The van der Waals surface area contributed by atoms with Crippen molar-refractivity contribution in [3.8, 4) is 5.88 Å². The molecule has 0 saturated heterocycles. The second-order valence-electron chi connectivity index (χ2n) is 5.31. The van der Waals surface area contributed by atoms with Crippen LogP contribution in [0, 0.1) is 12.3 Å². The van der Waals surface area contributed by atoms with Gasteiger partial charge in [0.1, 0.15) is 0 Å². The van der Waals surface area contributed by atoms with Gasteiger partial charge >= 0.3 is 5.69 Å². The zero-order valence-corrected chi connectivity index (χ0v) is 10.2. The normalized spacial score (nSPS) is 18.5. The standard InChI is InChI=1S/C12H18N2O3/c1-8-9(15)13-11(17)14(10(8)16)7-12(2)5-3-4-6-12/h16H,3-7H2,1-2H3,(H,13,15,17). The smallest absolute Gasteiger partial charge is 0.331 e. The molecule has 1 heterocycles. The number of nitrogens with one attached hydrogen (secondary N) is 1. The van der Waals surface area contributed by atoms with Crippen LogP contribution in [0.2, 0.25) is 0 Å². The lowest BCUT2D eigenvalue weighted by atomic mass is 9.89. The Morgan fingerprint density at radius 2 is 1.94 bits per heavy atom. The van der Waals surface area contributed by atoms with Crippen LogP contribution < -0.4 is 11.2 Å². The Labute approximate surface area is 99.1 Å². The Kier molecular flexibility index (Phi) is 2.85. The highest BCUT2D eigenvalue weighted by molar-refractivity contribution is 5.20. The number of aromatic hydroxyl groups is 1. The average Bonchev–Trinajstić information content (AvgIpc) is 2.69. The van der Waals surface area contributed by atoms with Gasteiger partial charge in [0.05, 0.1) is 5.56 Å². The summed E-state index contributed by atoms with van der Waals surface area (Å²) in [6.45, 7) is 4.10. The largest absolute Gasteiger partial charge is 0.494 e. The van der Waals surface area contributed by atoms with Crippen LogP contribution in [0.4, 0.5) is 0 Å². The maximum Gasteiger partial charge on any atom is 0.331 e. The van der Waals surface area contributed by atoms with E-state index >= 15 is 0 Å². The fourth-order valence-corrected chi connectivity index (χ4v) is 2.57. The molecule has 0 aliphatic heterocycles. The minimum atomic E-state index is -0.522. The van der Waals surface area contributed by atoms with E-state index in [1.54, 1.807) is 0 Å². The molecule has 0 radical (unpaired) electrons. The summed E-state index contributed by atoms with van der Waals surface area (Å²) in [5.74, 6) is -0.202. The van der Waals surface area contributed by atoms with Gasteiger partial charge in [0.2, 0.25) is 5.88 Å². The number of hydrogen-bond acceptors (Lipinski definition) is 3. The lowest BCUT2D eigenvalue weighted by molar-refractivity contribution is 0.255. The molecule has 1 aliphatic rings. The molecule has 1 aliphatic carbocycles. The van der Waals surface area contributed by atoms with Crippen LogP contribution in [-0.4, -0.2) is 14.7 Å². The first kappa shape index (κ1) is 12.0. The Hall–Kier alpha value is -1.52. The molecule has 1 aromatic rings. The van der Waals surface area contributed by atoms with Crippen LogP contribution >= 0.6 is 0 Å². The summed E-state index contributed by atoms with van der Waals surface area (Å²) in [6.07, 6.45) is 4.43. The maximum absolute atomic E-state index is 11.7. The van der Waals surface area contributed by atoms with E-state index in [4.69, 9.17) is 0 Å². The molecule has 0 aromatic carbocycles. The van der Waals surface area contributed by atoms with Gasteiger partial charge in [-0.25, -0.2) is 4.79 Å². The molecule has 0 atom stereocenters. The molecule has 1 fully saturated rings. The fraction of sp³-hybridized carbons (Fsp3) is 0.667. The number of aromatic nitrogens is 2. The van der Waals surface area contributed by atoms with Gasteiger partial charge in [0.25, 0.3) is 5.56 Å². The molecule has 2 rings (SSSR count). The number of H-pyrrole nitrogens is 1. The first-order chi connectivity index (χ1) is 7.93. The van der Waals surface area contributed by atoms with Crippen molar-refractivity contribution in [1.29, 1.82) is 0 Å². The average molecular weight is 238 g/mol. The summed E-state index contributed by atoms with van der Waals surface area (Å²) in [5.41, 5.74) is -0.788. The van der Waals surface area contributed by atoms with Crippen molar-refractivity contribution in [3.63, 3.8) is 0 Å². The SMILES string of the molecule is Cc1c(O)n(CC2(C)CCCC2)c(=O)[nH]c1=O. The number of aromatic amines is 1. The predicted octanol–water partition coefficient (Wildman–Crippen LogP) is 1.13. The summed E-state index contributed by atoms with van der Waals surface area (Å²) in [7, 11) is 0. The van der Waals surface area contributed by atoms with E-state index in [9.17, 15) is 14.7 Å². The van der Waals surface area contributed by atoms with Gasteiger partial charge in [0, 0.05) is 6.54 Å². The first-order valence-corrected chi connectivity index (χ1v) is 5.96. The quantitative estimate of drug-likeness (QED) is 0.811. The Morgan fingerprint density at radius 3 is 2.53 bits per heavy atom. The molecule has 1 aromatic heterocycles. The molecule has 0 bridgehead atoms. The monoisotopic (exact) mass is 238 g/mol. The van der Waals surface area contributed by atoms with Crippen molar-refractivity contribution < 1.29 is 5.11 Å². The Bertz CT molecular complexity index is 536. The third kappa shape index (κ3) is 2.14. The number of hydrogen-bond donors (Lipinski definition) is 2. The number of nitrogens with zero attached hydrogens (tertiary/aromatic N) is 1. The highest BCUT2D eigenvalue weighted by Gasteiger charge is 2.30. The zero-order valence-electron chi connectivity index (χ0n) is 10.2. The van der Waals surface area contributed by atoms with Crippen LogP contribution in [0.25, 0.3) is 0 Å². The summed E-state index contributed by atoms with van der Waals surface area (Å²) in [6, 6.07) is 0. The molecule has 2 N–H and O–H groups in total. The maximum atomic E-state index is 11.7. The second-order valence-corrected chi connectivity index (χ2v) is 5.31. The second kappa shape index (κ2) is 4.05. The zero-order chi connectivity index (χ0) is 12.6. The van der Waals surface area contributed by atoms with Gasteiger partial charge in [-0.2, -0.15) is 0 Å². The third-order valence-corrected chi connectivity index (χ3v) is 3.75. The lowest BCUT2D eigenvalue weighted by Gasteiger charge is -2.24. The van der Waals surface area contributed by atoms with E-state index in [-0.39, 0.29) is 16.9 Å². The highest BCUT2D eigenvalue weighted by atomic mass is 16.3. The van der Waals surface area contributed by atoms with Gasteiger partial charge < -0.3 is 5.11 Å². The summed E-state index contributed by atoms with van der Waals surface area (Å²) in [4.78, 5) is 25.2. The summed E-state index contributed by atoms with van der Waals surface area (Å²) < 4.78 is 1.28. The van der Waals surface area contributed by atoms with Crippen molar-refractivity contribution in [3.05, 3.63) is 26.4 Å². The molecule has 1 saturated carbocycles. The molecular weight excluding hydrogens is 220 g/mol. The Balaban J connectivity index is 2.43. The fourth-order valence-electron chi connectivity index (χ4n) is 2.57. The molecule has 94 valence electrons. The van der Waals surface area contributed by atoms with Crippen molar-refractivity contribution in [1.82, 2.24) is 9.55 Å². The molecule has 5 heteroatoms. The van der Waals surface area contributed by atoms with Crippen LogP contribution in [0.5, 0.6) is 5.88 Å². The minimum Gasteiger partial charge on any atom is -0.494 e. The van der Waals surface area contributed by atoms with Crippen molar-refractivity contribution in [2.75, 3.05) is 0 Å². The summed E-state index contributed by atoms with van der Waals surface area (Å²) in [5, 5.41) is 9.88. The van der Waals surface area contributed by atoms with Crippen LogP contribution in [-0.2, 0) is 6.54 Å². The van der Waals surface area contributed by atoms with Crippen LogP contribution in [0.1, 0.15) is 38.2 Å². The van der Waals surface area contributed by atoms with E-state index in [2.05, 4.69) is 11.9 Å². The molecule has 0 amide bonds. The van der Waals surface area contributed by atoms with E-state index in [1.807, 2.05) is 0 Å². The Morgan fingerprint density at radius 1 is 1.35 bits per heavy atom. The predicted molar refractivity (Wildman–Crippen MR) is 64.3 cm³/mol. The minimum absolute atomic E-state index is 0.0476. The molecular formula is C12H18N2O3. The highest BCUT2D eigenvalue weighted by Crippen LogP contribution is 2.39. The molecule has 0 spiro atoms. The van der Waals surface area contributed by atoms with E-state index in [0.29, 0.717) is 6.54 Å². The van der Waals surface area contributed by atoms with E-state index in [0.717, 1.165) is 25.7 Å². The van der Waals surface area contributed by atoms with Gasteiger partial charge in [-0.15, -0.1) is 0 Å². The van der Waals surface area contributed by atoms with Crippen molar-refractivity contribution >= 4 is 0 Å². The van der Waals surface area contributed by atoms with E-state index < -0.39 is 11.2 Å². The van der Waals surface area contributed by atoms with Crippen molar-refractivity contribution in [2.24, 2.45) is 5.41 Å². The molecule has 5 nitrogen and oxygen atoms in total. The van der Waals surface area contributed by atoms with Crippen LogP contribution in [0.3, 0.4) is 0 Å². The first-order valence-electron chi connectivity index (χ1n) is 5.96. The number of rotatable bonds is 2. The van der Waals surface area contributed by atoms with Crippen molar-refractivity contribution in [2.45, 2.75) is 46.1 Å². The van der Waals surface area contributed by atoms with E-state index in [1.165, 1.54) is 11.5 Å². The van der Waals surface area contributed by atoms with Gasteiger partial charge in [-0.05, 0) is 25.2 Å². The van der Waals surface area contributed by atoms with Crippen LogP contribution in [0.15, 0.2) is 9.59 Å². The molecule has 0 unspecified atom stereocenters. The lowest BCUT2D eigenvalue weighted by Crippen LogP contribution is -2.35. The molecule has 17 heavy (non-hydrogen) atoms.